The van der Waals surface area contributed by atoms with E-state index in [-0.39, 0.29) is 0 Å². The van der Waals surface area contributed by atoms with Gasteiger partial charge in [0.05, 0.1) is 0 Å². The SMILES string of the molecule is [CH2]C[C@H](C)CCCC(=C)C. The van der Waals surface area contributed by atoms with Gasteiger partial charge in [0.15, 0.2) is 0 Å². The molecule has 0 amide bonds. The first kappa shape index (κ1) is 9.74. The van der Waals surface area contributed by atoms with E-state index in [0.29, 0.717) is 0 Å². The van der Waals surface area contributed by atoms with Gasteiger partial charge in [0.1, 0.15) is 0 Å². The molecule has 10 heavy (non-hydrogen) atoms. The summed E-state index contributed by atoms with van der Waals surface area (Å²) in [5, 5.41) is 0. The number of rotatable bonds is 5. The molecule has 0 saturated carbocycles. The fourth-order valence-electron chi connectivity index (χ4n) is 0.897. The van der Waals surface area contributed by atoms with Crippen LogP contribution in [0.1, 0.15) is 39.5 Å². The van der Waals surface area contributed by atoms with Crippen LogP contribution in [0.25, 0.3) is 0 Å². The van der Waals surface area contributed by atoms with Gasteiger partial charge in [0.25, 0.3) is 0 Å². The molecule has 59 valence electrons. The van der Waals surface area contributed by atoms with Crippen molar-refractivity contribution in [3.63, 3.8) is 0 Å². The van der Waals surface area contributed by atoms with Gasteiger partial charge < -0.3 is 0 Å². The summed E-state index contributed by atoms with van der Waals surface area (Å²) in [5.41, 5.74) is 1.30. The van der Waals surface area contributed by atoms with E-state index in [2.05, 4.69) is 27.4 Å². The third-order valence-electron chi connectivity index (χ3n) is 1.79. The molecule has 0 heterocycles. The highest BCUT2D eigenvalue weighted by atomic mass is 14.0. The average molecular weight is 139 g/mol. The van der Waals surface area contributed by atoms with Crippen LogP contribution in [0.2, 0.25) is 0 Å². The third-order valence-corrected chi connectivity index (χ3v) is 1.79. The van der Waals surface area contributed by atoms with Gasteiger partial charge in [-0.05, 0) is 25.7 Å². The smallest absolute Gasteiger partial charge is 0.0326 e. The van der Waals surface area contributed by atoms with Crippen LogP contribution in [0.15, 0.2) is 12.2 Å². The molecule has 1 atom stereocenters. The summed E-state index contributed by atoms with van der Waals surface area (Å²) in [7, 11) is 0. The molecule has 0 unspecified atom stereocenters. The Morgan fingerprint density at radius 1 is 1.50 bits per heavy atom. The molecule has 0 fully saturated rings. The lowest BCUT2D eigenvalue weighted by atomic mass is 10.0. The molecule has 0 aliphatic rings. The van der Waals surface area contributed by atoms with Crippen LogP contribution in [-0.4, -0.2) is 0 Å². The summed E-state index contributed by atoms with van der Waals surface area (Å²) >= 11 is 0. The van der Waals surface area contributed by atoms with E-state index in [4.69, 9.17) is 0 Å². The molecule has 0 rings (SSSR count). The maximum absolute atomic E-state index is 3.86. The Morgan fingerprint density at radius 2 is 2.10 bits per heavy atom. The molecule has 0 aromatic rings. The number of hydrogen-bond donors (Lipinski definition) is 0. The van der Waals surface area contributed by atoms with Gasteiger partial charge in [-0.1, -0.05) is 32.3 Å². The molecule has 0 nitrogen and oxygen atoms in total. The van der Waals surface area contributed by atoms with Crippen LogP contribution >= 0.6 is 0 Å². The van der Waals surface area contributed by atoms with Gasteiger partial charge in [-0.3, -0.25) is 0 Å². The Hall–Kier alpha value is -0.260. The summed E-state index contributed by atoms with van der Waals surface area (Å²) in [5.74, 6) is 0.791. The van der Waals surface area contributed by atoms with Crippen molar-refractivity contribution < 1.29 is 0 Å². The third kappa shape index (κ3) is 5.87. The first-order valence-corrected chi connectivity index (χ1v) is 4.10. The summed E-state index contributed by atoms with van der Waals surface area (Å²) < 4.78 is 0. The van der Waals surface area contributed by atoms with Crippen LogP contribution in [0.5, 0.6) is 0 Å². The lowest BCUT2D eigenvalue weighted by Crippen LogP contribution is -1.91. The minimum absolute atomic E-state index is 0.791. The number of allylic oxidation sites excluding steroid dienone is 1. The minimum atomic E-state index is 0.791. The molecule has 0 aliphatic carbocycles. The second kappa shape index (κ2) is 5.52. The van der Waals surface area contributed by atoms with Crippen molar-refractivity contribution in [1.82, 2.24) is 0 Å². The largest absolute Gasteiger partial charge is 0.100 e. The molecule has 0 N–H and O–H groups in total. The Kier molecular flexibility index (Phi) is 5.38. The predicted molar refractivity (Wildman–Crippen MR) is 47.8 cm³/mol. The van der Waals surface area contributed by atoms with Crippen LogP contribution < -0.4 is 0 Å². The topological polar surface area (TPSA) is 0 Å². The highest BCUT2D eigenvalue weighted by Crippen LogP contribution is 2.12. The summed E-state index contributed by atoms with van der Waals surface area (Å²) in [4.78, 5) is 0. The lowest BCUT2D eigenvalue weighted by molar-refractivity contribution is 0.514. The van der Waals surface area contributed by atoms with Crippen molar-refractivity contribution in [3.05, 3.63) is 19.1 Å². The zero-order valence-electron chi connectivity index (χ0n) is 7.32. The highest BCUT2D eigenvalue weighted by molar-refractivity contribution is 4.87. The molecule has 0 spiro atoms. The first-order valence-electron chi connectivity index (χ1n) is 4.10. The van der Waals surface area contributed by atoms with E-state index in [9.17, 15) is 0 Å². The second-order valence-corrected chi connectivity index (χ2v) is 3.24. The quantitative estimate of drug-likeness (QED) is 0.510. The molecule has 0 aromatic carbocycles. The van der Waals surface area contributed by atoms with Gasteiger partial charge in [0, 0.05) is 0 Å². The Bertz CT molecular complexity index is 92.2. The Labute approximate surface area is 65.3 Å². The highest BCUT2D eigenvalue weighted by Gasteiger charge is 1.97. The Balaban J connectivity index is 3.11. The first-order chi connectivity index (χ1) is 4.66. The monoisotopic (exact) mass is 139 g/mol. The summed E-state index contributed by atoms with van der Waals surface area (Å²) in [6.07, 6.45) is 4.84. The molecule has 0 saturated heterocycles. The maximum Gasteiger partial charge on any atom is -0.0326 e. The molecule has 0 bridgehead atoms. The zero-order valence-corrected chi connectivity index (χ0v) is 7.32. The normalized spacial score (nSPS) is 13.1. The van der Waals surface area contributed by atoms with Crippen molar-refractivity contribution in [1.29, 1.82) is 0 Å². The molecule has 0 heteroatoms. The van der Waals surface area contributed by atoms with Gasteiger partial charge in [-0.15, -0.1) is 6.58 Å². The van der Waals surface area contributed by atoms with Crippen molar-refractivity contribution in [2.75, 3.05) is 0 Å². The van der Waals surface area contributed by atoms with Crippen molar-refractivity contribution in [2.45, 2.75) is 39.5 Å². The predicted octanol–water partition coefficient (Wildman–Crippen LogP) is 3.59. The van der Waals surface area contributed by atoms with Gasteiger partial charge >= 0.3 is 0 Å². The molecule has 0 aliphatic heterocycles. The van der Waals surface area contributed by atoms with Crippen molar-refractivity contribution in [2.24, 2.45) is 5.92 Å². The van der Waals surface area contributed by atoms with Gasteiger partial charge in [0.2, 0.25) is 0 Å². The number of hydrogen-bond acceptors (Lipinski definition) is 0. The lowest BCUT2D eigenvalue weighted by Gasteiger charge is -2.06. The summed E-state index contributed by atoms with van der Waals surface area (Å²) in [6.45, 7) is 12.1. The Morgan fingerprint density at radius 3 is 2.50 bits per heavy atom. The standard InChI is InChI=1S/C10H19/c1-5-10(4)8-6-7-9(2)3/h10H,1-2,5-8H2,3-4H3/t10-/m0/s1. The maximum atomic E-state index is 3.86. The fourth-order valence-corrected chi connectivity index (χ4v) is 0.897. The van der Waals surface area contributed by atoms with Crippen molar-refractivity contribution in [3.8, 4) is 0 Å². The molecular weight excluding hydrogens is 120 g/mol. The molecule has 0 aromatic heterocycles. The molecule has 1 radical (unpaired) electrons. The van der Waals surface area contributed by atoms with E-state index in [1.807, 2.05) is 0 Å². The van der Waals surface area contributed by atoms with Crippen LogP contribution in [0.4, 0.5) is 0 Å². The van der Waals surface area contributed by atoms with E-state index >= 15 is 0 Å². The average Bonchev–Trinajstić information content (AvgIpc) is 1.87. The van der Waals surface area contributed by atoms with Gasteiger partial charge in [-0.2, -0.15) is 0 Å². The van der Waals surface area contributed by atoms with E-state index in [1.54, 1.807) is 0 Å². The fraction of sp³-hybridized carbons (Fsp3) is 0.700. The second-order valence-electron chi connectivity index (χ2n) is 3.24. The summed E-state index contributed by atoms with van der Waals surface area (Å²) in [6, 6.07) is 0. The van der Waals surface area contributed by atoms with Crippen LogP contribution in [0.3, 0.4) is 0 Å². The zero-order chi connectivity index (χ0) is 7.98. The van der Waals surface area contributed by atoms with Crippen molar-refractivity contribution >= 4 is 0 Å². The van der Waals surface area contributed by atoms with E-state index in [1.165, 1.54) is 24.8 Å². The molecular formula is C10H19. The van der Waals surface area contributed by atoms with Crippen LogP contribution in [-0.2, 0) is 0 Å². The van der Waals surface area contributed by atoms with Gasteiger partial charge in [-0.25, -0.2) is 0 Å². The minimum Gasteiger partial charge on any atom is -0.100 e. The van der Waals surface area contributed by atoms with E-state index in [0.717, 1.165) is 12.3 Å². The van der Waals surface area contributed by atoms with E-state index < -0.39 is 0 Å². The van der Waals surface area contributed by atoms with Crippen LogP contribution in [0, 0.1) is 12.8 Å².